The van der Waals surface area contributed by atoms with Crippen LogP contribution in [-0.2, 0) is 17.9 Å². The van der Waals surface area contributed by atoms with Gasteiger partial charge in [-0.2, -0.15) is 0 Å². The summed E-state index contributed by atoms with van der Waals surface area (Å²) in [6, 6.07) is 14.7. The highest BCUT2D eigenvalue weighted by molar-refractivity contribution is 5.81. The lowest BCUT2D eigenvalue weighted by Gasteiger charge is -2.32. The summed E-state index contributed by atoms with van der Waals surface area (Å²) >= 11 is 0. The number of nitrogens with one attached hydrogen (secondary N) is 1. The third-order valence-electron chi connectivity index (χ3n) is 5.53. The minimum atomic E-state index is 0.371. The van der Waals surface area contributed by atoms with Crippen LogP contribution in [0.1, 0.15) is 49.4 Å². The van der Waals surface area contributed by atoms with E-state index in [9.17, 15) is 0 Å². The van der Waals surface area contributed by atoms with Crippen molar-refractivity contribution in [2.75, 3.05) is 13.1 Å². The fourth-order valence-corrected chi connectivity index (χ4v) is 4.01. The second-order valence-electron chi connectivity index (χ2n) is 7.84. The van der Waals surface area contributed by atoms with E-state index in [1.165, 1.54) is 22.2 Å². The lowest BCUT2D eigenvalue weighted by atomic mass is 10.0. The zero-order valence-corrected chi connectivity index (χ0v) is 16.3. The predicted octanol–water partition coefficient (Wildman–Crippen LogP) is 4.87. The molecule has 0 unspecified atom stereocenters. The Balaban J connectivity index is 1.37. The van der Waals surface area contributed by atoms with Gasteiger partial charge in [-0.3, -0.25) is 4.90 Å². The van der Waals surface area contributed by atoms with Gasteiger partial charge in [-0.15, -0.1) is 0 Å². The highest BCUT2D eigenvalue weighted by Crippen LogP contribution is 2.29. The number of H-pyrrole nitrogens is 1. The molecule has 3 aromatic rings. The maximum atomic E-state index is 6.14. The second-order valence-corrected chi connectivity index (χ2v) is 7.84. The van der Waals surface area contributed by atoms with Gasteiger partial charge in [0.1, 0.15) is 5.65 Å². The zero-order valence-electron chi connectivity index (χ0n) is 16.3. The summed E-state index contributed by atoms with van der Waals surface area (Å²) in [4.78, 5) is 10.6. The van der Waals surface area contributed by atoms with E-state index >= 15 is 0 Å². The molecule has 1 aliphatic heterocycles. The third kappa shape index (κ3) is 4.23. The van der Waals surface area contributed by atoms with E-state index in [2.05, 4.69) is 59.0 Å². The summed E-state index contributed by atoms with van der Waals surface area (Å²) in [5, 5.41) is 1.27. The van der Waals surface area contributed by atoms with Crippen molar-refractivity contribution in [1.82, 2.24) is 14.9 Å². The largest absolute Gasteiger partial charge is 0.373 e. The first kappa shape index (κ1) is 18.2. The monoisotopic (exact) mass is 363 g/mol. The molecule has 1 N–H and O–H groups in total. The molecule has 0 spiro atoms. The van der Waals surface area contributed by atoms with Gasteiger partial charge < -0.3 is 9.72 Å². The number of aromatic amines is 1. The van der Waals surface area contributed by atoms with Gasteiger partial charge in [0, 0.05) is 36.9 Å². The molecule has 2 aromatic heterocycles. The molecule has 0 aliphatic carbocycles. The molecule has 1 aliphatic rings. The van der Waals surface area contributed by atoms with Crippen LogP contribution in [-0.4, -0.2) is 34.1 Å². The SMILES string of the molecule is CC(C)c1[nH]c2ncccc2c1CN1CCC(OCc2ccccc2)CC1. The van der Waals surface area contributed by atoms with Crippen LogP contribution in [0.25, 0.3) is 11.0 Å². The summed E-state index contributed by atoms with van der Waals surface area (Å²) in [6.45, 7) is 8.38. The first-order valence-electron chi connectivity index (χ1n) is 10.0. The van der Waals surface area contributed by atoms with Crippen molar-refractivity contribution in [3.8, 4) is 0 Å². The van der Waals surface area contributed by atoms with E-state index in [1.807, 2.05) is 18.3 Å². The van der Waals surface area contributed by atoms with Crippen molar-refractivity contribution in [3.05, 3.63) is 65.5 Å². The van der Waals surface area contributed by atoms with Crippen molar-refractivity contribution in [1.29, 1.82) is 0 Å². The third-order valence-corrected chi connectivity index (χ3v) is 5.53. The maximum Gasteiger partial charge on any atom is 0.137 e. The molecule has 142 valence electrons. The molecule has 0 bridgehead atoms. The van der Waals surface area contributed by atoms with Crippen LogP contribution in [0.3, 0.4) is 0 Å². The number of piperidine rings is 1. The molecule has 1 fully saturated rings. The number of hydrogen-bond donors (Lipinski definition) is 1. The fraction of sp³-hybridized carbons (Fsp3) is 0.435. The van der Waals surface area contributed by atoms with Crippen molar-refractivity contribution in [2.24, 2.45) is 0 Å². The summed E-state index contributed by atoms with van der Waals surface area (Å²) in [5.41, 5.74) is 5.01. The topological polar surface area (TPSA) is 41.2 Å². The summed E-state index contributed by atoms with van der Waals surface area (Å²) < 4.78 is 6.14. The number of hydrogen-bond acceptors (Lipinski definition) is 3. The second kappa shape index (κ2) is 8.24. The molecule has 0 radical (unpaired) electrons. The van der Waals surface area contributed by atoms with Gasteiger partial charge in [0.15, 0.2) is 0 Å². The van der Waals surface area contributed by atoms with Gasteiger partial charge in [0.2, 0.25) is 0 Å². The van der Waals surface area contributed by atoms with E-state index in [-0.39, 0.29) is 0 Å². The first-order chi connectivity index (χ1) is 13.2. The van der Waals surface area contributed by atoms with Crippen molar-refractivity contribution in [3.63, 3.8) is 0 Å². The summed E-state index contributed by atoms with van der Waals surface area (Å²) in [5.74, 6) is 0.473. The van der Waals surface area contributed by atoms with Gasteiger partial charge in [0.05, 0.1) is 12.7 Å². The Morgan fingerprint density at radius 3 is 2.63 bits per heavy atom. The van der Waals surface area contributed by atoms with Gasteiger partial charge >= 0.3 is 0 Å². The molecule has 4 heteroatoms. The number of ether oxygens (including phenoxy) is 1. The van der Waals surface area contributed by atoms with Crippen LogP contribution in [0.2, 0.25) is 0 Å². The number of nitrogens with zero attached hydrogens (tertiary/aromatic N) is 2. The lowest BCUT2D eigenvalue weighted by molar-refractivity contribution is -0.00391. The Hall–Kier alpha value is -2.17. The molecule has 3 heterocycles. The van der Waals surface area contributed by atoms with E-state index < -0.39 is 0 Å². The molecular weight excluding hydrogens is 334 g/mol. The van der Waals surface area contributed by atoms with Crippen molar-refractivity contribution in [2.45, 2.75) is 51.9 Å². The van der Waals surface area contributed by atoms with Crippen LogP contribution in [0.15, 0.2) is 48.7 Å². The van der Waals surface area contributed by atoms with Crippen molar-refractivity contribution >= 4 is 11.0 Å². The Morgan fingerprint density at radius 1 is 1.11 bits per heavy atom. The number of fused-ring (bicyclic) bond motifs is 1. The molecule has 27 heavy (non-hydrogen) atoms. The smallest absolute Gasteiger partial charge is 0.137 e. The van der Waals surface area contributed by atoms with E-state index in [0.717, 1.165) is 44.7 Å². The Kier molecular flexibility index (Phi) is 5.55. The minimum absolute atomic E-state index is 0.371. The van der Waals surface area contributed by atoms with E-state index in [4.69, 9.17) is 4.74 Å². The summed E-state index contributed by atoms with van der Waals surface area (Å²) in [7, 11) is 0. The van der Waals surface area contributed by atoms with Gasteiger partial charge in [0.25, 0.3) is 0 Å². The molecule has 1 saturated heterocycles. The van der Waals surface area contributed by atoms with E-state index in [0.29, 0.717) is 12.0 Å². The average molecular weight is 364 g/mol. The number of benzene rings is 1. The molecule has 0 saturated carbocycles. The molecule has 0 atom stereocenters. The van der Waals surface area contributed by atoms with Gasteiger partial charge in [-0.25, -0.2) is 4.98 Å². The number of rotatable bonds is 6. The minimum Gasteiger partial charge on any atom is -0.373 e. The highest BCUT2D eigenvalue weighted by atomic mass is 16.5. The maximum absolute atomic E-state index is 6.14. The van der Waals surface area contributed by atoms with Crippen LogP contribution in [0, 0.1) is 0 Å². The Morgan fingerprint density at radius 2 is 1.89 bits per heavy atom. The zero-order chi connectivity index (χ0) is 18.6. The van der Waals surface area contributed by atoms with Crippen LogP contribution >= 0.6 is 0 Å². The van der Waals surface area contributed by atoms with E-state index in [1.54, 1.807) is 0 Å². The fourth-order valence-electron chi connectivity index (χ4n) is 4.01. The predicted molar refractivity (Wildman–Crippen MR) is 110 cm³/mol. The normalized spacial score (nSPS) is 16.4. The average Bonchev–Trinajstić information content (AvgIpc) is 3.07. The molecular formula is C23H29N3O. The Bertz CT molecular complexity index is 864. The van der Waals surface area contributed by atoms with Crippen LogP contribution < -0.4 is 0 Å². The number of pyridine rings is 1. The lowest BCUT2D eigenvalue weighted by Crippen LogP contribution is -2.36. The molecule has 4 rings (SSSR count). The molecule has 4 nitrogen and oxygen atoms in total. The standard InChI is InChI=1S/C23H29N3O/c1-17(2)22-21(20-9-6-12-24-23(20)25-22)15-26-13-10-19(11-14-26)27-16-18-7-4-3-5-8-18/h3-9,12,17,19H,10-11,13-16H2,1-2H3,(H,24,25). The quantitative estimate of drug-likeness (QED) is 0.679. The molecule has 1 aromatic carbocycles. The number of aromatic nitrogens is 2. The number of likely N-dealkylation sites (tertiary alicyclic amines) is 1. The van der Waals surface area contributed by atoms with Gasteiger partial charge in [-0.1, -0.05) is 44.2 Å². The first-order valence-corrected chi connectivity index (χ1v) is 10.0. The summed E-state index contributed by atoms with van der Waals surface area (Å²) in [6.07, 6.45) is 4.44. The molecule has 0 amide bonds. The van der Waals surface area contributed by atoms with Gasteiger partial charge in [-0.05, 0) is 42.0 Å². The Labute approximate surface area is 161 Å². The van der Waals surface area contributed by atoms with Crippen LogP contribution in [0.5, 0.6) is 0 Å². The highest BCUT2D eigenvalue weighted by Gasteiger charge is 2.23. The van der Waals surface area contributed by atoms with Crippen molar-refractivity contribution < 1.29 is 4.74 Å². The van der Waals surface area contributed by atoms with Crippen LogP contribution in [0.4, 0.5) is 0 Å².